The van der Waals surface area contributed by atoms with Gasteiger partial charge in [0.15, 0.2) is 11.6 Å². The molecular weight excluding hydrogens is 476 g/mol. The van der Waals surface area contributed by atoms with Crippen molar-refractivity contribution in [3.63, 3.8) is 0 Å². The van der Waals surface area contributed by atoms with Crippen molar-refractivity contribution in [2.45, 2.75) is 5.79 Å². The van der Waals surface area contributed by atoms with Gasteiger partial charge in [-0.15, -0.1) is 0 Å². The van der Waals surface area contributed by atoms with Crippen molar-refractivity contribution in [1.29, 1.82) is 0 Å². The van der Waals surface area contributed by atoms with Gasteiger partial charge < -0.3 is 9.47 Å². The highest BCUT2D eigenvalue weighted by Crippen LogP contribution is 2.32. The molecule has 0 bridgehead atoms. The highest BCUT2D eigenvalue weighted by atomic mass is 35.5. The minimum atomic E-state index is -1.40. The molecule has 0 saturated carbocycles. The first-order valence-corrected chi connectivity index (χ1v) is 11.5. The molecule has 0 aromatic heterocycles. The van der Waals surface area contributed by atoms with Crippen molar-refractivity contribution in [3.8, 4) is 0 Å². The van der Waals surface area contributed by atoms with Crippen LogP contribution in [0.25, 0.3) is 0 Å². The molecule has 0 amide bonds. The number of ketones is 3. The van der Waals surface area contributed by atoms with E-state index in [0.717, 1.165) is 0 Å². The van der Waals surface area contributed by atoms with E-state index in [0.29, 0.717) is 38.4 Å². The summed E-state index contributed by atoms with van der Waals surface area (Å²) in [5, 5.41) is 0.329. The Morgan fingerprint density at radius 1 is 0.639 bits per heavy atom. The summed E-state index contributed by atoms with van der Waals surface area (Å²) in [7, 11) is 2.94. The molecule has 0 aliphatic heterocycles. The summed E-state index contributed by atoms with van der Waals surface area (Å²) in [5.41, 5.74) is 2.81. The quantitative estimate of drug-likeness (QED) is 0.215. The number of carbonyl (C=O) groups is 3. The highest BCUT2D eigenvalue weighted by Gasteiger charge is 2.41. The first kappa shape index (κ1) is 25.2. The van der Waals surface area contributed by atoms with Crippen molar-refractivity contribution in [2.24, 2.45) is 0 Å². The average molecular weight is 499 g/mol. The highest BCUT2D eigenvalue weighted by molar-refractivity contribution is 6.39. The summed E-state index contributed by atoms with van der Waals surface area (Å²) < 4.78 is 10.8. The maximum Gasteiger partial charge on any atom is 0.260 e. The molecule has 180 valence electrons. The lowest BCUT2D eigenvalue weighted by atomic mass is 9.84. The van der Waals surface area contributed by atoms with Crippen LogP contribution in [0.5, 0.6) is 0 Å². The third-order valence-electron chi connectivity index (χ3n) is 5.97. The second-order valence-electron chi connectivity index (χ2n) is 7.95. The van der Waals surface area contributed by atoms with E-state index in [9.17, 15) is 14.4 Å². The van der Waals surface area contributed by atoms with Crippen LogP contribution >= 0.6 is 11.6 Å². The van der Waals surface area contributed by atoms with E-state index < -0.39 is 5.79 Å². The Kier molecular flexibility index (Phi) is 7.55. The normalized spacial score (nSPS) is 12.2. The molecule has 5 rings (SSSR count). The molecule has 0 fully saturated rings. The van der Waals surface area contributed by atoms with Gasteiger partial charge in [-0.2, -0.15) is 0 Å². The summed E-state index contributed by atoms with van der Waals surface area (Å²) in [6.07, 6.45) is 0. The van der Waals surface area contributed by atoms with Crippen LogP contribution in [-0.4, -0.2) is 31.6 Å². The third kappa shape index (κ3) is 4.52. The number of halogens is 1. The molecule has 36 heavy (non-hydrogen) atoms. The van der Waals surface area contributed by atoms with Crippen LogP contribution in [0.2, 0.25) is 5.02 Å². The lowest BCUT2D eigenvalue weighted by Crippen LogP contribution is -2.39. The van der Waals surface area contributed by atoms with E-state index >= 15 is 0 Å². The van der Waals surface area contributed by atoms with Crippen LogP contribution in [0.15, 0.2) is 103 Å². The SMILES string of the molecule is COC(OC)(C(=O)c1ccccc1)c1ccccc1.O=C1c2ccccc2C(=O)c2c(Cl)cccc21. The number of carbonyl (C=O) groups excluding carboxylic acids is 3. The van der Waals surface area contributed by atoms with Crippen LogP contribution in [0.4, 0.5) is 0 Å². The number of methoxy groups -OCH3 is 2. The van der Waals surface area contributed by atoms with E-state index in [4.69, 9.17) is 21.1 Å². The molecular formula is C30H23ClO5. The molecule has 0 N–H and O–H groups in total. The van der Waals surface area contributed by atoms with Gasteiger partial charge in [0, 0.05) is 42.0 Å². The summed E-state index contributed by atoms with van der Waals surface area (Å²) in [6, 6.07) is 29.9. The van der Waals surface area contributed by atoms with Gasteiger partial charge in [0.1, 0.15) is 0 Å². The maximum absolute atomic E-state index is 12.7. The molecule has 1 aliphatic carbocycles. The molecule has 5 nitrogen and oxygen atoms in total. The molecule has 0 radical (unpaired) electrons. The minimum absolute atomic E-state index is 0.141. The molecule has 4 aromatic carbocycles. The maximum atomic E-state index is 12.7. The van der Waals surface area contributed by atoms with Gasteiger partial charge in [0.2, 0.25) is 5.78 Å². The van der Waals surface area contributed by atoms with Crippen molar-refractivity contribution < 1.29 is 23.9 Å². The zero-order valence-corrected chi connectivity index (χ0v) is 20.5. The lowest BCUT2D eigenvalue weighted by Gasteiger charge is -2.29. The Bertz CT molecular complexity index is 1410. The number of benzene rings is 4. The molecule has 0 unspecified atom stereocenters. The van der Waals surface area contributed by atoms with Crippen molar-refractivity contribution in [1.82, 2.24) is 0 Å². The molecule has 1 aliphatic rings. The zero-order chi connectivity index (χ0) is 25.7. The molecule has 0 spiro atoms. The van der Waals surface area contributed by atoms with Gasteiger partial charge >= 0.3 is 0 Å². The first-order valence-electron chi connectivity index (χ1n) is 11.2. The summed E-state index contributed by atoms with van der Waals surface area (Å²) in [4.78, 5) is 37.1. The van der Waals surface area contributed by atoms with E-state index in [1.165, 1.54) is 14.2 Å². The summed E-state index contributed by atoms with van der Waals surface area (Å²) >= 11 is 6.00. The van der Waals surface area contributed by atoms with Crippen molar-refractivity contribution in [3.05, 3.63) is 142 Å². The summed E-state index contributed by atoms with van der Waals surface area (Å²) in [6.45, 7) is 0. The smallest absolute Gasteiger partial charge is 0.260 e. The number of Topliss-reactive ketones (excluding diaryl/α,β-unsaturated/α-hetero) is 1. The van der Waals surface area contributed by atoms with Crippen LogP contribution in [0, 0.1) is 0 Å². The van der Waals surface area contributed by atoms with Gasteiger partial charge in [0.05, 0.1) is 10.6 Å². The Morgan fingerprint density at radius 3 is 1.72 bits per heavy atom. The zero-order valence-electron chi connectivity index (χ0n) is 19.7. The van der Waals surface area contributed by atoms with Crippen LogP contribution in [-0.2, 0) is 15.3 Å². The fourth-order valence-corrected chi connectivity index (χ4v) is 4.44. The first-order chi connectivity index (χ1) is 17.4. The molecule has 0 saturated heterocycles. The topological polar surface area (TPSA) is 69.7 Å². The second-order valence-corrected chi connectivity index (χ2v) is 8.36. The van der Waals surface area contributed by atoms with Gasteiger partial charge in [-0.1, -0.05) is 109 Å². The van der Waals surface area contributed by atoms with Gasteiger partial charge in [-0.3, -0.25) is 14.4 Å². The van der Waals surface area contributed by atoms with E-state index in [1.807, 2.05) is 48.5 Å². The Morgan fingerprint density at radius 2 is 1.14 bits per heavy atom. The fraction of sp³-hybridized carbons (Fsp3) is 0.100. The predicted octanol–water partition coefficient (Wildman–Crippen LogP) is 6.13. The Hall–Kier alpha value is -3.90. The predicted molar refractivity (Wildman–Crippen MR) is 138 cm³/mol. The molecule has 4 aromatic rings. The fourth-order valence-electron chi connectivity index (χ4n) is 4.18. The van der Waals surface area contributed by atoms with Gasteiger partial charge in [-0.25, -0.2) is 0 Å². The van der Waals surface area contributed by atoms with Crippen molar-refractivity contribution >= 4 is 29.0 Å². The van der Waals surface area contributed by atoms with Crippen molar-refractivity contribution in [2.75, 3.05) is 14.2 Å². The largest absolute Gasteiger partial charge is 0.343 e. The molecule has 0 heterocycles. The third-order valence-corrected chi connectivity index (χ3v) is 6.28. The Labute approximate surface area is 214 Å². The minimum Gasteiger partial charge on any atom is -0.343 e. The Balaban J connectivity index is 0.000000170. The number of fused-ring (bicyclic) bond motifs is 2. The van der Waals surface area contributed by atoms with E-state index in [1.54, 1.807) is 54.6 Å². The number of hydrogen-bond donors (Lipinski definition) is 0. The van der Waals surface area contributed by atoms with E-state index in [-0.39, 0.29) is 17.3 Å². The standard InChI is InChI=1S/C16H16O3.C14H7ClO2/c1-18-16(19-2,14-11-7-4-8-12-14)15(17)13-9-5-3-6-10-13;15-11-7-3-6-10-12(11)14(17)9-5-2-1-4-8(9)13(10)16/h3-12H,1-2H3;1-7H. The second kappa shape index (κ2) is 10.8. The molecule has 0 atom stereocenters. The van der Waals surface area contributed by atoms with E-state index in [2.05, 4.69) is 0 Å². The molecule has 6 heteroatoms. The number of rotatable bonds is 5. The monoisotopic (exact) mass is 498 g/mol. The van der Waals surface area contributed by atoms with Gasteiger partial charge in [-0.05, 0) is 6.07 Å². The average Bonchev–Trinajstić information content (AvgIpc) is 2.94. The number of hydrogen-bond acceptors (Lipinski definition) is 5. The summed E-state index contributed by atoms with van der Waals surface area (Å²) in [5.74, 6) is -1.94. The van der Waals surface area contributed by atoms with Gasteiger partial charge in [0.25, 0.3) is 5.79 Å². The van der Waals surface area contributed by atoms with Crippen LogP contribution in [0.1, 0.15) is 47.8 Å². The lowest BCUT2D eigenvalue weighted by molar-refractivity contribution is -0.176. The van der Waals surface area contributed by atoms with Crippen LogP contribution in [0.3, 0.4) is 0 Å². The van der Waals surface area contributed by atoms with Crippen LogP contribution < -0.4 is 0 Å². The number of ether oxygens (including phenoxy) is 2.